The topological polar surface area (TPSA) is 96.6 Å². The SMILES string of the molecule is CC(C)CN(C)c1ncc([N+](=O)[O-])cc1C(=O)O. The van der Waals surface area contributed by atoms with E-state index in [1.165, 1.54) is 0 Å². The number of nitrogens with zero attached hydrogens (tertiary/aromatic N) is 3. The monoisotopic (exact) mass is 253 g/mol. The van der Waals surface area contributed by atoms with Gasteiger partial charge in [0.2, 0.25) is 0 Å². The zero-order valence-corrected chi connectivity index (χ0v) is 10.5. The van der Waals surface area contributed by atoms with Gasteiger partial charge < -0.3 is 10.0 Å². The molecule has 1 N–H and O–H groups in total. The van der Waals surface area contributed by atoms with Crippen LogP contribution in [-0.2, 0) is 0 Å². The zero-order valence-electron chi connectivity index (χ0n) is 10.5. The number of carboxylic acid groups (broad SMARTS) is 1. The van der Waals surface area contributed by atoms with Gasteiger partial charge in [-0.2, -0.15) is 0 Å². The number of rotatable bonds is 5. The van der Waals surface area contributed by atoms with Crippen LogP contribution in [0.25, 0.3) is 0 Å². The molecule has 0 radical (unpaired) electrons. The molecule has 0 aliphatic rings. The molecule has 0 bridgehead atoms. The minimum Gasteiger partial charge on any atom is -0.478 e. The second-order valence-corrected chi connectivity index (χ2v) is 4.40. The van der Waals surface area contributed by atoms with Gasteiger partial charge >= 0.3 is 5.97 Å². The number of hydrogen-bond acceptors (Lipinski definition) is 5. The third-order valence-corrected chi connectivity index (χ3v) is 2.29. The van der Waals surface area contributed by atoms with Crippen molar-refractivity contribution in [1.82, 2.24) is 4.98 Å². The Morgan fingerprint density at radius 1 is 1.61 bits per heavy atom. The van der Waals surface area contributed by atoms with Crippen LogP contribution in [0.4, 0.5) is 11.5 Å². The molecule has 7 heteroatoms. The number of aromatic nitrogens is 1. The Morgan fingerprint density at radius 2 is 2.22 bits per heavy atom. The summed E-state index contributed by atoms with van der Waals surface area (Å²) in [6.07, 6.45) is 1.07. The number of nitro groups is 1. The summed E-state index contributed by atoms with van der Waals surface area (Å²) >= 11 is 0. The Labute approximate surface area is 104 Å². The van der Waals surface area contributed by atoms with E-state index < -0.39 is 10.9 Å². The molecule has 98 valence electrons. The van der Waals surface area contributed by atoms with Gasteiger partial charge in [0.1, 0.15) is 17.6 Å². The third-order valence-electron chi connectivity index (χ3n) is 2.29. The second kappa shape index (κ2) is 5.44. The van der Waals surface area contributed by atoms with Gasteiger partial charge in [0.15, 0.2) is 0 Å². The number of carboxylic acids is 1. The molecule has 0 amide bonds. The van der Waals surface area contributed by atoms with Crippen LogP contribution in [0, 0.1) is 16.0 Å². The predicted octanol–water partition coefficient (Wildman–Crippen LogP) is 1.78. The van der Waals surface area contributed by atoms with Crippen molar-refractivity contribution in [1.29, 1.82) is 0 Å². The Hall–Kier alpha value is -2.18. The fourth-order valence-electron chi connectivity index (χ4n) is 1.64. The molecule has 1 rings (SSSR count). The number of anilines is 1. The van der Waals surface area contributed by atoms with Gasteiger partial charge in [-0.1, -0.05) is 13.8 Å². The van der Waals surface area contributed by atoms with Gasteiger partial charge in [0.05, 0.1) is 4.92 Å². The fraction of sp³-hybridized carbons (Fsp3) is 0.455. The first-order valence-electron chi connectivity index (χ1n) is 5.41. The van der Waals surface area contributed by atoms with Gasteiger partial charge in [-0.15, -0.1) is 0 Å². The second-order valence-electron chi connectivity index (χ2n) is 4.40. The van der Waals surface area contributed by atoms with E-state index >= 15 is 0 Å². The number of aromatic carboxylic acids is 1. The van der Waals surface area contributed by atoms with Crippen LogP contribution in [0.3, 0.4) is 0 Å². The third kappa shape index (κ3) is 3.16. The molecule has 0 fully saturated rings. The van der Waals surface area contributed by atoms with E-state index in [1.54, 1.807) is 11.9 Å². The molecule has 0 saturated carbocycles. The van der Waals surface area contributed by atoms with E-state index in [1.807, 2.05) is 13.8 Å². The molecule has 0 atom stereocenters. The highest BCUT2D eigenvalue weighted by Crippen LogP contribution is 2.22. The van der Waals surface area contributed by atoms with Crippen LogP contribution in [0.2, 0.25) is 0 Å². The molecule has 1 aromatic rings. The lowest BCUT2D eigenvalue weighted by molar-refractivity contribution is -0.385. The van der Waals surface area contributed by atoms with Crippen LogP contribution < -0.4 is 4.90 Å². The molecule has 1 heterocycles. The van der Waals surface area contributed by atoms with Crippen molar-refractivity contribution in [2.75, 3.05) is 18.5 Å². The first-order chi connectivity index (χ1) is 8.32. The first-order valence-corrected chi connectivity index (χ1v) is 5.41. The summed E-state index contributed by atoms with van der Waals surface area (Å²) in [5, 5.41) is 19.7. The van der Waals surface area contributed by atoms with Gasteiger partial charge in [-0.3, -0.25) is 10.1 Å². The largest absolute Gasteiger partial charge is 0.478 e. The zero-order chi connectivity index (χ0) is 13.9. The summed E-state index contributed by atoms with van der Waals surface area (Å²) in [5.41, 5.74) is -0.485. The van der Waals surface area contributed by atoms with Crippen LogP contribution >= 0.6 is 0 Å². The molecular formula is C11H15N3O4. The molecule has 0 aliphatic heterocycles. The molecular weight excluding hydrogens is 238 g/mol. The predicted molar refractivity (Wildman–Crippen MR) is 66.0 cm³/mol. The fourth-order valence-corrected chi connectivity index (χ4v) is 1.64. The van der Waals surface area contributed by atoms with Gasteiger partial charge in [0, 0.05) is 19.7 Å². The summed E-state index contributed by atoms with van der Waals surface area (Å²) < 4.78 is 0. The van der Waals surface area contributed by atoms with Crippen molar-refractivity contribution in [3.8, 4) is 0 Å². The van der Waals surface area contributed by atoms with E-state index in [9.17, 15) is 14.9 Å². The van der Waals surface area contributed by atoms with Crippen LogP contribution in [0.1, 0.15) is 24.2 Å². The molecule has 0 aromatic carbocycles. The van der Waals surface area contributed by atoms with Crippen molar-refractivity contribution >= 4 is 17.5 Å². The Kier molecular flexibility index (Phi) is 4.19. The van der Waals surface area contributed by atoms with Crippen molar-refractivity contribution < 1.29 is 14.8 Å². The molecule has 18 heavy (non-hydrogen) atoms. The van der Waals surface area contributed by atoms with E-state index in [4.69, 9.17) is 5.11 Å². The minimum atomic E-state index is -1.23. The summed E-state index contributed by atoms with van der Waals surface area (Å²) in [4.78, 5) is 26.6. The molecule has 0 aliphatic carbocycles. The highest BCUT2D eigenvalue weighted by Gasteiger charge is 2.20. The molecule has 0 unspecified atom stereocenters. The lowest BCUT2D eigenvalue weighted by Gasteiger charge is -2.21. The maximum absolute atomic E-state index is 11.1. The van der Waals surface area contributed by atoms with Crippen molar-refractivity contribution in [3.05, 3.63) is 27.9 Å². The highest BCUT2D eigenvalue weighted by molar-refractivity contribution is 5.94. The maximum Gasteiger partial charge on any atom is 0.339 e. The van der Waals surface area contributed by atoms with Gasteiger partial charge in [0.25, 0.3) is 5.69 Å². The minimum absolute atomic E-state index is 0.160. The van der Waals surface area contributed by atoms with Crippen LogP contribution in [0.5, 0.6) is 0 Å². The Morgan fingerprint density at radius 3 is 2.67 bits per heavy atom. The maximum atomic E-state index is 11.1. The molecule has 0 saturated heterocycles. The number of hydrogen-bond donors (Lipinski definition) is 1. The van der Waals surface area contributed by atoms with Crippen molar-refractivity contribution in [3.63, 3.8) is 0 Å². The van der Waals surface area contributed by atoms with E-state index in [-0.39, 0.29) is 17.1 Å². The Bertz CT molecular complexity index is 473. The van der Waals surface area contributed by atoms with Crippen LogP contribution in [0.15, 0.2) is 12.3 Å². The number of carbonyl (C=O) groups is 1. The average molecular weight is 253 g/mol. The van der Waals surface area contributed by atoms with E-state index in [2.05, 4.69) is 4.98 Å². The summed E-state index contributed by atoms with van der Waals surface area (Å²) in [7, 11) is 1.71. The first kappa shape index (κ1) is 13.9. The summed E-state index contributed by atoms with van der Waals surface area (Å²) in [6.45, 7) is 4.59. The molecule has 1 aromatic heterocycles. The van der Waals surface area contributed by atoms with Crippen LogP contribution in [-0.4, -0.2) is 34.6 Å². The number of pyridine rings is 1. The van der Waals surface area contributed by atoms with E-state index in [0.717, 1.165) is 12.3 Å². The van der Waals surface area contributed by atoms with Crippen molar-refractivity contribution in [2.24, 2.45) is 5.92 Å². The lowest BCUT2D eigenvalue weighted by Crippen LogP contribution is -2.25. The van der Waals surface area contributed by atoms with E-state index in [0.29, 0.717) is 12.5 Å². The quantitative estimate of drug-likeness (QED) is 0.634. The van der Waals surface area contributed by atoms with Gasteiger partial charge in [-0.05, 0) is 5.92 Å². The highest BCUT2D eigenvalue weighted by atomic mass is 16.6. The molecule has 7 nitrogen and oxygen atoms in total. The molecule has 0 spiro atoms. The van der Waals surface area contributed by atoms with Gasteiger partial charge in [-0.25, -0.2) is 9.78 Å². The Balaban J connectivity index is 3.19. The summed E-state index contributed by atoms with van der Waals surface area (Å²) in [5.74, 6) is -0.660. The standard InChI is InChI=1S/C11H15N3O4/c1-7(2)6-13(3)10-9(11(15)16)4-8(5-12-10)14(17)18/h4-5,7H,6H2,1-3H3,(H,15,16). The lowest BCUT2D eigenvalue weighted by atomic mass is 10.2. The average Bonchev–Trinajstić information content (AvgIpc) is 2.26. The summed E-state index contributed by atoms with van der Waals surface area (Å²) in [6, 6.07) is 1.03. The van der Waals surface area contributed by atoms with Crippen molar-refractivity contribution in [2.45, 2.75) is 13.8 Å². The normalized spacial score (nSPS) is 10.4. The smallest absolute Gasteiger partial charge is 0.339 e.